The zero-order valence-corrected chi connectivity index (χ0v) is 17.0. The number of nitro groups is 1. The molecule has 1 heterocycles. The summed E-state index contributed by atoms with van der Waals surface area (Å²) in [6.45, 7) is 4.92. The predicted molar refractivity (Wildman–Crippen MR) is 113 cm³/mol. The maximum atomic E-state index is 11.6. The highest BCUT2D eigenvalue weighted by molar-refractivity contribution is 5.93. The van der Waals surface area contributed by atoms with Gasteiger partial charge in [0.15, 0.2) is 0 Å². The Balaban J connectivity index is 1.92. The fourth-order valence-corrected chi connectivity index (χ4v) is 2.97. The molecule has 0 aliphatic rings. The van der Waals surface area contributed by atoms with Crippen molar-refractivity contribution in [3.63, 3.8) is 0 Å². The van der Waals surface area contributed by atoms with Crippen molar-refractivity contribution in [3.8, 4) is 22.8 Å². The Morgan fingerprint density at radius 2 is 2.00 bits per heavy atom. The number of anilines is 1. The molecule has 3 aromatic rings. The number of nitro benzene ring substituents is 1. The van der Waals surface area contributed by atoms with Crippen molar-refractivity contribution in [2.75, 3.05) is 18.5 Å². The number of nitrogens with zero attached hydrogens (tertiary/aromatic N) is 4. The Labute approximate surface area is 173 Å². The minimum atomic E-state index is -0.562. The van der Waals surface area contributed by atoms with Crippen molar-refractivity contribution in [1.29, 1.82) is 0 Å². The van der Waals surface area contributed by atoms with Gasteiger partial charge in [0.2, 0.25) is 11.7 Å². The summed E-state index contributed by atoms with van der Waals surface area (Å²) in [5, 5.41) is 15.6. The molecule has 0 saturated carbocycles. The van der Waals surface area contributed by atoms with Gasteiger partial charge in [-0.1, -0.05) is 31.1 Å². The van der Waals surface area contributed by atoms with Crippen LogP contribution >= 0.6 is 0 Å². The van der Waals surface area contributed by atoms with Crippen LogP contribution in [0, 0.1) is 16.0 Å². The largest absolute Gasteiger partial charge is 0.369 e. The lowest BCUT2D eigenvalue weighted by atomic mass is 10.1. The molecular weight excluding hydrogens is 386 g/mol. The van der Waals surface area contributed by atoms with Gasteiger partial charge in [0, 0.05) is 36.3 Å². The van der Waals surface area contributed by atoms with Gasteiger partial charge >= 0.3 is 0 Å². The number of carbonyl (C=O) groups excluding carboxylic acids is 1. The van der Waals surface area contributed by atoms with E-state index in [1.807, 2.05) is 11.9 Å². The normalized spacial score (nSPS) is 10.9. The number of amides is 1. The first-order valence-corrected chi connectivity index (χ1v) is 9.50. The second-order valence-electron chi connectivity index (χ2n) is 7.43. The second-order valence-corrected chi connectivity index (χ2v) is 7.43. The lowest BCUT2D eigenvalue weighted by Crippen LogP contribution is -2.20. The van der Waals surface area contributed by atoms with Crippen molar-refractivity contribution in [1.82, 2.24) is 10.1 Å². The fraction of sp³-hybridized carbons (Fsp3) is 0.286. The van der Waals surface area contributed by atoms with Crippen LogP contribution in [0.25, 0.3) is 22.8 Å². The summed E-state index contributed by atoms with van der Waals surface area (Å²) in [5.74, 6) is 0.340. The molecule has 2 N–H and O–H groups in total. The van der Waals surface area contributed by atoms with Crippen LogP contribution in [0.15, 0.2) is 47.0 Å². The van der Waals surface area contributed by atoms with Gasteiger partial charge in [-0.05, 0) is 36.6 Å². The average molecular weight is 409 g/mol. The van der Waals surface area contributed by atoms with Crippen LogP contribution in [0.4, 0.5) is 11.4 Å². The van der Waals surface area contributed by atoms with E-state index in [2.05, 4.69) is 24.0 Å². The molecule has 1 aromatic heterocycles. The lowest BCUT2D eigenvalue weighted by Gasteiger charge is -2.20. The third kappa shape index (κ3) is 4.62. The predicted octanol–water partition coefficient (Wildman–Crippen LogP) is 3.89. The summed E-state index contributed by atoms with van der Waals surface area (Å²) < 4.78 is 5.31. The summed E-state index contributed by atoms with van der Waals surface area (Å²) in [7, 11) is 1.83. The van der Waals surface area contributed by atoms with Crippen LogP contribution in [-0.2, 0) is 0 Å². The number of primary amides is 1. The van der Waals surface area contributed by atoms with Gasteiger partial charge in [-0.2, -0.15) is 4.98 Å². The van der Waals surface area contributed by atoms with Crippen molar-refractivity contribution in [2.24, 2.45) is 11.7 Å². The summed E-state index contributed by atoms with van der Waals surface area (Å²) in [5.41, 5.74) is 7.12. The molecule has 0 spiro atoms. The number of aromatic nitrogens is 2. The van der Waals surface area contributed by atoms with Crippen molar-refractivity contribution in [2.45, 2.75) is 20.3 Å². The quantitative estimate of drug-likeness (QED) is 0.441. The smallest absolute Gasteiger partial charge is 0.293 e. The molecule has 1 amide bonds. The Morgan fingerprint density at radius 3 is 2.67 bits per heavy atom. The summed E-state index contributed by atoms with van der Waals surface area (Å²) in [6.07, 6.45) is 0.923. The molecule has 2 aromatic carbocycles. The molecule has 0 saturated heterocycles. The third-order valence-electron chi connectivity index (χ3n) is 4.70. The Bertz CT molecular complexity index is 1080. The van der Waals surface area contributed by atoms with Gasteiger partial charge in [-0.3, -0.25) is 14.9 Å². The van der Waals surface area contributed by atoms with Gasteiger partial charge < -0.3 is 15.2 Å². The number of rotatable bonds is 8. The number of hydrogen-bond donors (Lipinski definition) is 1. The highest BCUT2D eigenvalue weighted by Gasteiger charge is 2.21. The minimum Gasteiger partial charge on any atom is -0.369 e. The van der Waals surface area contributed by atoms with E-state index >= 15 is 0 Å². The first-order chi connectivity index (χ1) is 14.3. The van der Waals surface area contributed by atoms with Gasteiger partial charge in [-0.15, -0.1) is 0 Å². The number of carbonyl (C=O) groups is 1. The Kier molecular flexibility index (Phi) is 6.10. The van der Waals surface area contributed by atoms with E-state index in [4.69, 9.17) is 10.3 Å². The van der Waals surface area contributed by atoms with Crippen LogP contribution in [0.5, 0.6) is 0 Å². The number of benzene rings is 2. The van der Waals surface area contributed by atoms with Gasteiger partial charge in [0.05, 0.1) is 4.92 Å². The van der Waals surface area contributed by atoms with Gasteiger partial charge in [0.25, 0.3) is 11.6 Å². The zero-order valence-electron chi connectivity index (χ0n) is 17.0. The molecule has 9 nitrogen and oxygen atoms in total. The first kappa shape index (κ1) is 21.0. The number of nitrogens with two attached hydrogens (primary N) is 1. The highest BCUT2D eigenvalue weighted by atomic mass is 16.6. The average Bonchev–Trinajstić information content (AvgIpc) is 3.22. The molecule has 0 aliphatic carbocycles. The third-order valence-corrected chi connectivity index (χ3v) is 4.70. The Hall–Kier alpha value is -3.75. The van der Waals surface area contributed by atoms with Crippen LogP contribution in [-0.4, -0.2) is 34.6 Å². The second kappa shape index (κ2) is 8.73. The molecule has 0 bridgehead atoms. The molecule has 0 unspecified atom stereocenters. The van der Waals surface area contributed by atoms with E-state index in [0.29, 0.717) is 34.8 Å². The van der Waals surface area contributed by atoms with Crippen molar-refractivity contribution >= 4 is 17.3 Å². The molecule has 3 rings (SSSR count). The summed E-state index contributed by atoms with van der Waals surface area (Å²) in [6, 6.07) is 11.4. The van der Waals surface area contributed by atoms with Crippen molar-refractivity contribution < 1.29 is 14.2 Å². The molecule has 0 fully saturated rings. The van der Waals surface area contributed by atoms with Crippen LogP contribution in [0.3, 0.4) is 0 Å². The van der Waals surface area contributed by atoms with Gasteiger partial charge in [0.1, 0.15) is 5.69 Å². The van der Waals surface area contributed by atoms with Crippen LogP contribution in [0.2, 0.25) is 0 Å². The summed E-state index contributed by atoms with van der Waals surface area (Å²) in [4.78, 5) is 28.8. The van der Waals surface area contributed by atoms with E-state index < -0.39 is 10.8 Å². The molecule has 30 heavy (non-hydrogen) atoms. The van der Waals surface area contributed by atoms with Crippen molar-refractivity contribution in [3.05, 3.63) is 58.1 Å². The molecule has 0 radical (unpaired) electrons. The molecule has 0 atom stereocenters. The number of hydrogen-bond acceptors (Lipinski definition) is 7. The zero-order chi connectivity index (χ0) is 21.8. The summed E-state index contributed by atoms with van der Waals surface area (Å²) >= 11 is 0. The van der Waals surface area contributed by atoms with E-state index in [9.17, 15) is 14.9 Å². The molecule has 9 heteroatoms. The van der Waals surface area contributed by atoms with Crippen LogP contribution < -0.4 is 10.6 Å². The SMILES string of the molecule is CC(C)CCN(C)c1ccc(-c2nc(-c3cccc(C(N)=O)c3)no2)cc1[N+](=O)[O-]. The highest BCUT2D eigenvalue weighted by Crippen LogP contribution is 2.33. The maximum absolute atomic E-state index is 11.6. The molecule has 0 aliphatic heterocycles. The topological polar surface area (TPSA) is 128 Å². The molecule has 156 valence electrons. The van der Waals surface area contributed by atoms with E-state index in [1.54, 1.807) is 36.4 Å². The lowest BCUT2D eigenvalue weighted by molar-refractivity contribution is -0.384. The van der Waals surface area contributed by atoms with Crippen LogP contribution in [0.1, 0.15) is 30.6 Å². The maximum Gasteiger partial charge on any atom is 0.293 e. The first-order valence-electron chi connectivity index (χ1n) is 9.50. The van der Waals surface area contributed by atoms with Gasteiger partial charge in [-0.25, -0.2) is 0 Å². The van der Waals surface area contributed by atoms with E-state index in [1.165, 1.54) is 6.07 Å². The Morgan fingerprint density at radius 1 is 1.23 bits per heavy atom. The van der Waals surface area contributed by atoms with E-state index in [-0.39, 0.29) is 17.4 Å². The van der Waals surface area contributed by atoms with E-state index in [0.717, 1.165) is 6.42 Å². The minimum absolute atomic E-state index is 0.0331. The fourth-order valence-electron chi connectivity index (χ4n) is 2.97. The molecular formula is C21H23N5O4. The monoisotopic (exact) mass is 409 g/mol. The standard InChI is InChI=1S/C21H23N5O4/c1-13(2)9-10-25(3)17-8-7-16(12-18(17)26(28)29)21-23-20(24-30-21)15-6-4-5-14(11-15)19(22)27/h4-8,11-13H,9-10H2,1-3H3,(H2,22,27).